The van der Waals surface area contributed by atoms with Gasteiger partial charge in [-0.2, -0.15) is 0 Å². The third-order valence-corrected chi connectivity index (χ3v) is 5.95. The Kier molecular flexibility index (Phi) is 6.90. The number of aryl methyl sites for hydroxylation is 1. The summed E-state index contributed by atoms with van der Waals surface area (Å²) in [6.07, 6.45) is 0.946. The van der Waals surface area contributed by atoms with E-state index >= 15 is 4.39 Å². The number of aliphatic hydroxyl groups is 1. The Hall–Kier alpha value is -2.56. The number of rotatable bonds is 7. The van der Waals surface area contributed by atoms with Gasteiger partial charge >= 0.3 is 0 Å². The van der Waals surface area contributed by atoms with Crippen LogP contribution < -0.4 is 0 Å². The quantitative estimate of drug-likeness (QED) is 0.563. The summed E-state index contributed by atoms with van der Waals surface area (Å²) in [6.45, 7) is 1.96. The van der Waals surface area contributed by atoms with E-state index in [0.29, 0.717) is 9.79 Å². The predicted molar refractivity (Wildman–Crippen MR) is 112 cm³/mol. The van der Waals surface area contributed by atoms with Crippen LogP contribution in [0.3, 0.4) is 0 Å². The van der Waals surface area contributed by atoms with Crippen LogP contribution in [0.4, 0.5) is 4.39 Å². The van der Waals surface area contributed by atoms with Gasteiger partial charge in [0, 0.05) is 15.4 Å². The van der Waals surface area contributed by atoms with Crippen LogP contribution in [0.15, 0.2) is 94.7 Å². The molecule has 0 aliphatic heterocycles. The molecule has 0 fully saturated rings. The molecule has 0 bridgehead atoms. The van der Waals surface area contributed by atoms with Crippen LogP contribution in [0, 0.1) is 6.92 Å². The lowest BCUT2D eigenvalue weighted by molar-refractivity contribution is 0.0788. The zero-order chi connectivity index (χ0) is 19.9. The molecule has 0 aromatic heterocycles. The van der Waals surface area contributed by atoms with Crippen molar-refractivity contribution in [3.63, 3.8) is 0 Å². The van der Waals surface area contributed by atoms with E-state index in [0.717, 1.165) is 11.1 Å². The van der Waals surface area contributed by atoms with E-state index < -0.39 is 23.1 Å². The Morgan fingerprint density at radius 1 is 0.964 bits per heavy atom. The van der Waals surface area contributed by atoms with Gasteiger partial charge in [-0.1, -0.05) is 78.4 Å². The second-order valence-corrected chi connectivity index (χ2v) is 8.09. The molecular weight excluding hydrogens is 371 g/mol. The van der Waals surface area contributed by atoms with Crippen molar-refractivity contribution >= 4 is 16.9 Å². The van der Waals surface area contributed by atoms with E-state index in [1.807, 2.05) is 55.5 Å². The van der Waals surface area contributed by atoms with Gasteiger partial charge in [0.05, 0.1) is 16.9 Å². The molecule has 0 spiro atoms. The highest BCUT2D eigenvalue weighted by Gasteiger charge is 2.24. The van der Waals surface area contributed by atoms with Crippen molar-refractivity contribution in [3.8, 4) is 0 Å². The fourth-order valence-corrected chi connectivity index (χ4v) is 4.13. The number of aliphatic hydroxyl groups excluding tert-OH is 1. The highest BCUT2D eigenvalue weighted by atomic mass is 32.2. The van der Waals surface area contributed by atoms with Gasteiger partial charge in [-0.25, -0.2) is 8.60 Å². The van der Waals surface area contributed by atoms with E-state index in [1.54, 1.807) is 42.5 Å². The monoisotopic (exact) mass is 394 g/mol. The predicted octanol–water partition coefficient (Wildman–Crippen LogP) is 5.64. The zero-order valence-electron chi connectivity index (χ0n) is 15.7. The Morgan fingerprint density at radius 2 is 1.61 bits per heavy atom. The van der Waals surface area contributed by atoms with Crippen molar-refractivity contribution in [2.24, 2.45) is 0 Å². The summed E-state index contributed by atoms with van der Waals surface area (Å²) < 4.78 is 28.0. The average molecular weight is 395 g/mol. The summed E-state index contributed by atoms with van der Waals surface area (Å²) >= 11 is 0. The van der Waals surface area contributed by atoms with Gasteiger partial charge < -0.3 is 5.11 Å². The number of alkyl halides is 1. The van der Waals surface area contributed by atoms with Crippen molar-refractivity contribution in [1.82, 2.24) is 0 Å². The minimum absolute atomic E-state index is 0.168. The Morgan fingerprint density at radius 3 is 2.32 bits per heavy atom. The van der Waals surface area contributed by atoms with Crippen LogP contribution in [0.1, 0.15) is 29.3 Å². The Bertz CT molecular complexity index is 952. The smallest absolute Gasteiger partial charge is 0.152 e. The first-order valence-corrected chi connectivity index (χ1v) is 10.3. The summed E-state index contributed by atoms with van der Waals surface area (Å²) in [5, 5.41) is 10.3. The molecule has 3 atom stereocenters. The van der Waals surface area contributed by atoms with Gasteiger partial charge in [-0.3, -0.25) is 0 Å². The van der Waals surface area contributed by atoms with Crippen LogP contribution in [-0.4, -0.2) is 15.4 Å². The lowest BCUT2D eigenvalue weighted by Crippen LogP contribution is -2.15. The molecule has 3 rings (SSSR count). The fraction of sp³-hybridized carbons (Fsp3) is 0.167. The van der Waals surface area contributed by atoms with Gasteiger partial charge in [-0.05, 0) is 37.1 Å². The lowest BCUT2D eigenvalue weighted by Gasteiger charge is -2.18. The number of hydrogen-bond acceptors (Lipinski definition) is 2. The maximum atomic E-state index is 15.0. The molecule has 1 unspecified atom stereocenters. The van der Waals surface area contributed by atoms with Gasteiger partial charge in [0.15, 0.2) is 6.17 Å². The number of halogens is 1. The molecule has 3 aromatic rings. The Labute approximate surface area is 167 Å². The SMILES string of the molecule is Cc1ccc(S(=O)c2ccccc2[C@H](F)[C@H](O)C/C=C/c2ccccc2)cc1. The molecular formula is C24H23FO2S. The number of benzene rings is 3. The second kappa shape index (κ2) is 9.58. The summed E-state index contributed by atoms with van der Waals surface area (Å²) in [4.78, 5) is 1.01. The molecule has 0 saturated heterocycles. The average Bonchev–Trinajstić information content (AvgIpc) is 2.74. The van der Waals surface area contributed by atoms with Crippen LogP contribution in [0.25, 0.3) is 6.08 Å². The molecule has 2 nitrogen and oxygen atoms in total. The maximum absolute atomic E-state index is 15.0. The number of hydrogen-bond donors (Lipinski definition) is 1. The van der Waals surface area contributed by atoms with Gasteiger partial charge in [-0.15, -0.1) is 0 Å². The van der Waals surface area contributed by atoms with E-state index in [4.69, 9.17) is 0 Å². The lowest BCUT2D eigenvalue weighted by atomic mass is 10.0. The molecule has 3 aromatic carbocycles. The second-order valence-electron chi connectivity index (χ2n) is 6.64. The Balaban J connectivity index is 1.76. The van der Waals surface area contributed by atoms with Crippen LogP contribution in [0.5, 0.6) is 0 Å². The molecule has 0 saturated carbocycles. The van der Waals surface area contributed by atoms with E-state index in [1.165, 1.54) is 0 Å². The van der Waals surface area contributed by atoms with Crippen LogP contribution in [-0.2, 0) is 10.8 Å². The normalized spacial score (nSPS) is 14.7. The summed E-state index contributed by atoms with van der Waals surface area (Å²) in [5.41, 5.74) is 2.33. The molecule has 0 amide bonds. The molecule has 0 radical (unpaired) electrons. The third kappa shape index (κ3) is 5.03. The van der Waals surface area contributed by atoms with E-state index in [2.05, 4.69) is 0 Å². The fourth-order valence-electron chi connectivity index (χ4n) is 2.90. The molecule has 0 heterocycles. The first-order valence-electron chi connectivity index (χ1n) is 9.17. The maximum Gasteiger partial charge on any atom is 0.152 e. The van der Waals surface area contributed by atoms with Crippen molar-refractivity contribution in [2.45, 2.75) is 35.4 Å². The van der Waals surface area contributed by atoms with Crippen LogP contribution in [0.2, 0.25) is 0 Å². The highest BCUT2D eigenvalue weighted by molar-refractivity contribution is 7.85. The van der Waals surface area contributed by atoms with Crippen molar-refractivity contribution in [1.29, 1.82) is 0 Å². The zero-order valence-corrected chi connectivity index (χ0v) is 16.5. The van der Waals surface area contributed by atoms with Gasteiger partial charge in [0.25, 0.3) is 0 Å². The molecule has 0 aliphatic carbocycles. The summed E-state index contributed by atoms with van der Waals surface area (Å²) in [7, 11) is -1.51. The molecule has 1 N–H and O–H groups in total. The minimum Gasteiger partial charge on any atom is -0.389 e. The van der Waals surface area contributed by atoms with Gasteiger partial charge in [0.1, 0.15) is 0 Å². The molecule has 28 heavy (non-hydrogen) atoms. The van der Waals surface area contributed by atoms with Crippen LogP contribution >= 0.6 is 0 Å². The topological polar surface area (TPSA) is 37.3 Å². The van der Waals surface area contributed by atoms with Crippen molar-refractivity contribution in [3.05, 3.63) is 102 Å². The molecule has 144 valence electrons. The minimum atomic E-state index is -1.62. The summed E-state index contributed by atoms with van der Waals surface area (Å²) in [5.74, 6) is 0. The standard InChI is InChI=1S/C24H23FO2S/c1-18-14-16-20(17-15-18)28(27)23-13-6-5-11-21(23)24(25)22(26)12-7-10-19-8-3-2-4-9-19/h2-11,13-17,22,24,26H,12H2,1H3/b10-7+/t22-,24+,28?/m1/s1. The first kappa shape index (κ1) is 20.2. The first-order chi connectivity index (χ1) is 13.6. The molecule has 4 heteroatoms. The van der Waals surface area contributed by atoms with Gasteiger partial charge in [0.2, 0.25) is 0 Å². The van der Waals surface area contributed by atoms with E-state index in [-0.39, 0.29) is 12.0 Å². The summed E-state index contributed by atoms with van der Waals surface area (Å²) in [6, 6.07) is 23.7. The van der Waals surface area contributed by atoms with Crippen molar-refractivity contribution in [2.75, 3.05) is 0 Å². The largest absolute Gasteiger partial charge is 0.389 e. The third-order valence-electron chi connectivity index (χ3n) is 4.48. The van der Waals surface area contributed by atoms with Crippen molar-refractivity contribution < 1.29 is 13.7 Å². The van der Waals surface area contributed by atoms with E-state index in [9.17, 15) is 9.32 Å². The molecule has 0 aliphatic rings. The highest BCUT2D eigenvalue weighted by Crippen LogP contribution is 2.31.